The first kappa shape index (κ1) is 18.7. The zero-order valence-electron chi connectivity index (χ0n) is 14.9. The minimum Gasteiger partial charge on any atom is -0.492 e. The molecule has 1 heterocycles. The van der Waals surface area contributed by atoms with E-state index in [9.17, 15) is 4.79 Å². The van der Waals surface area contributed by atoms with Crippen LogP contribution in [-0.2, 0) is 4.79 Å². The number of rotatable bonds is 6. The van der Waals surface area contributed by atoms with Crippen LogP contribution in [0.4, 0.5) is 5.69 Å². The topological polar surface area (TPSA) is 53.6 Å². The molecule has 26 heavy (non-hydrogen) atoms. The molecular weight excluding hydrogens is 350 g/mol. The summed E-state index contributed by atoms with van der Waals surface area (Å²) in [5.41, 5.74) is 1.74. The third-order valence-corrected chi connectivity index (χ3v) is 4.77. The molecule has 6 heteroatoms. The minimum absolute atomic E-state index is 0.0592. The number of carbonyl (C=O) groups excluding carboxylic acids is 1. The predicted molar refractivity (Wildman–Crippen MR) is 105 cm³/mol. The highest BCUT2D eigenvalue weighted by Gasteiger charge is 2.27. The molecule has 5 nitrogen and oxygen atoms in total. The van der Waals surface area contributed by atoms with Crippen molar-refractivity contribution >= 4 is 23.2 Å². The van der Waals surface area contributed by atoms with Gasteiger partial charge in [0.05, 0.1) is 18.8 Å². The van der Waals surface area contributed by atoms with E-state index >= 15 is 0 Å². The zero-order chi connectivity index (χ0) is 18.4. The van der Waals surface area contributed by atoms with Gasteiger partial charge in [0.2, 0.25) is 5.91 Å². The number of ether oxygens (including phenoxy) is 1. The second kappa shape index (κ2) is 9.03. The van der Waals surface area contributed by atoms with Gasteiger partial charge in [0.15, 0.2) is 0 Å². The lowest BCUT2D eigenvalue weighted by Gasteiger charge is -2.36. The van der Waals surface area contributed by atoms with Crippen molar-refractivity contribution in [2.24, 2.45) is 0 Å². The third kappa shape index (κ3) is 4.55. The molecule has 1 aliphatic heterocycles. The summed E-state index contributed by atoms with van der Waals surface area (Å²) < 4.78 is 5.58. The Labute approximate surface area is 159 Å². The van der Waals surface area contributed by atoms with Gasteiger partial charge in [0.1, 0.15) is 5.75 Å². The molecule has 3 rings (SSSR count). The van der Waals surface area contributed by atoms with Gasteiger partial charge in [-0.1, -0.05) is 41.9 Å². The number of para-hydroxylation sites is 2. The number of carbonyl (C=O) groups is 1. The van der Waals surface area contributed by atoms with Crippen LogP contribution in [0.2, 0.25) is 5.02 Å². The average Bonchev–Trinajstić information content (AvgIpc) is 2.65. The number of halogens is 1. The lowest BCUT2D eigenvalue weighted by atomic mass is 10.0. The number of amides is 1. The van der Waals surface area contributed by atoms with Crippen molar-refractivity contribution < 1.29 is 9.53 Å². The van der Waals surface area contributed by atoms with Crippen molar-refractivity contribution in [1.82, 2.24) is 10.2 Å². The van der Waals surface area contributed by atoms with Gasteiger partial charge in [0.25, 0.3) is 0 Å². The number of nitrogens with one attached hydrogen (secondary N) is 2. The number of benzene rings is 2. The number of piperazine rings is 1. The minimum atomic E-state index is -0.0592. The molecule has 2 N–H and O–H groups in total. The molecule has 138 valence electrons. The van der Waals surface area contributed by atoms with Gasteiger partial charge in [-0.05, 0) is 30.7 Å². The smallest absolute Gasteiger partial charge is 0.238 e. The Balaban J connectivity index is 1.70. The molecule has 1 saturated heterocycles. The second-order valence-electron chi connectivity index (χ2n) is 6.19. The Morgan fingerprint density at radius 3 is 2.85 bits per heavy atom. The maximum atomic E-state index is 12.6. The Kier molecular flexibility index (Phi) is 6.50. The van der Waals surface area contributed by atoms with E-state index in [1.807, 2.05) is 55.5 Å². The van der Waals surface area contributed by atoms with Gasteiger partial charge >= 0.3 is 0 Å². The van der Waals surface area contributed by atoms with Crippen molar-refractivity contribution in [3.8, 4) is 5.75 Å². The Hall–Kier alpha value is -2.08. The average molecular weight is 374 g/mol. The lowest BCUT2D eigenvalue weighted by molar-refractivity contribution is -0.118. The first-order chi connectivity index (χ1) is 12.7. The van der Waals surface area contributed by atoms with Crippen molar-refractivity contribution in [3.63, 3.8) is 0 Å². The van der Waals surface area contributed by atoms with Gasteiger partial charge in [-0.25, -0.2) is 0 Å². The molecule has 0 spiro atoms. The lowest BCUT2D eigenvalue weighted by Crippen LogP contribution is -2.48. The molecule has 0 aliphatic carbocycles. The molecule has 1 atom stereocenters. The van der Waals surface area contributed by atoms with Crippen molar-refractivity contribution in [3.05, 3.63) is 59.1 Å². The largest absolute Gasteiger partial charge is 0.492 e. The van der Waals surface area contributed by atoms with E-state index in [-0.39, 0.29) is 11.9 Å². The predicted octanol–water partition coefficient (Wildman–Crippen LogP) is 3.32. The summed E-state index contributed by atoms with van der Waals surface area (Å²) in [7, 11) is 0. The molecule has 1 unspecified atom stereocenters. The maximum absolute atomic E-state index is 12.6. The molecule has 2 aromatic rings. The number of anilines is 1. The van der Waals surface area contributed by atoms with Crippen molar-refractivity contribution in [2.45, 2.75) is 13.0 Å². The molecule has 0 bridgehead atoms. The Bertz CT molecular complexity index is 753. The van der Waals surface area contributed by atoms with E-state index in [1.54, 1.807) is 0 Å². The van der Waals surface area contributed by atoms with Gasteiger partial charge in [-0.3, -0.25) is 9.69 Å². The van der Waals surface area contributed by atoms with Crippen LogP contribution in [0, 0.1) is 0 Å². The van der Waals surface area contributed by atoms with Gasteiger partial charge in [0, 0.05) is 30.7 Å². The molecule has 1 amide bonds. The van der Waals surface area contributed by atoms with E-state index in [0.717, 1.165) is 30.2 Å². The van der Waals surface area contributed by atoms with Gasteiger partial charge in [-0.2, -0.15) is 0 Å². The van der Waals surface area contributed by atoms with Crippen LogP contribution < -0.4 is 15.4 Å². The van der Waals surface area contributed by atoms with Crippen LogP contribution in [0.1, 0.15) is 18.5 Å². The normalized spacial score (nSPS) is 17.7. The molecule has 0 saturated carbocycles. The summed E-state index contributed by atoms with van der Waals surface area (Å²) in [5, 5.41) is 7.09. The van der Waals surface area contributed by atoms with Crippen LogP contribution in [0.3, 0.4) is 0 Å². The van der Waals surface area contributed by atoms with Crippen molar-refractivity contribution in [1.29, 1.82) is 0 Å². The molecule has 1 aliphatic rings. The number of hydrogen-bond acceptors (Lipinski definition) is 4. The highest BCUT2D eigenvalue weighted by Crippen LogP contribution is 2.29. The zero-order valence-corrected chi connectivity index (χ0v) is 15.6. The summed E-state index contributed by atoms with van der Waals surface area (Å²) in [5.74, 6) is 0.627. The van der Waals surface area contributed by atoms with Crippen LogP contribution in [0.5, 0.6) is 5.75 Å². The van der Waals surface area contributed by atoms with E-state index in [0.29, 0.717) is 24.6 Å². The second-order valence-corrected chi connectivity index (χ2v) is 6.60. The van der Waals surface area contributed by atoms with Crippen molar-refractivity contribution in [2.75, 3.05) is 38.1 Å². The Morgan fingerprint density at radius 1 is 1.27 bits per heavy atom. The molecule has 0 radical (unpaired) electrons. The summed E-state index contributed by atoms with van der Waals surface area (Å²) >= 11 is 6.37. The number of nitrogens with zero attached hydrogens (tertiary/aromatic N) is 1. The fourth-order valence-corrected chi connectivity index (χ4v) is 3.47. The molecule has 0 aromatic heterocycles. The number of hydrogen-bond donors (Lipinski definition) is 2. The standard InChI is InChI=1S/C20H24ClN3O2/c1-2-26-19-10-6-5-9-17(19)23-20(25)14-24-12-11-22-13-18(24)15-7-3-4-8-16(15)21/h3-10,18,22H,2,11-14H2,1H3,(H,23,25). The third-order valence-electron chi connectivity index (χ3n) is 4.43. The van der Waals surface area contributed by atoms with Gasteiger partial charge < -0.3 is 15.4 Å². The first-order valence-corrected chi connectivity index (χ1v) is 9.27. The van der Waals surface area contributed by atoms with Gasteiger partial charge in [-0.15, -0.1) is 0 Å². The summed E-state index contributed by atoms with van der Waals surface area (Å²) in [6.07, 6.45) is 0. The first-order valence-electron chi connectivity index (χ1n) is 8.90. The van der Waals surface area contributed by atoms with Crippen LogP contribution >= 0.6 is 11.6 Å². The van der Waals surface area contributed by atoms with E-state index in [4.69, 9.17) is 16.3 Å². The highest BCUT2D eigenvalue weighted by molar-refractivity contribution is 6.31. The monoisotopic (exact) mass is 373 g/mol. The molecular formula is C20H24ClN3O2. The summed E-state index contributed by atoms with van der Waals surface area (Å²) in [4.78, 5) is 14.8. The molecule has 1 fully saturated rings. The quantitative estimate of drug-likeness (QED) is 0.815. The summed E-state index contributed by atoms with van der Waals surface area (Å²) in [6.45, 7) is 5.19. The van der Waals surface area contributed by atoms with Crippen LogP contribution in [-0.4, -0.2) is 43.6 Å². The fourth-order valence-electron chi connectivity index (χ4n) is 3.21. The van der Waals surface area contributed by atoms with Crippen LogP contribution in [0.25, 0.3) is 0 Å². The van der Waals surface area contributed by atoms with E-state index < -0.39 is 0 Å². The fraction of sp³-hybridized carbons (Fsp3) is 0.350. The molecule has 2 aromatic carbocycles. The SMILES string of the molecule is CCOc1ccccc1NC(=O)CN1CCNCC1c1ccccc1Cl. The van der Waals surface area contributed by atoms with Crippen LogP contribution in [0.15, 0.2) is 48.5 Å². The van der Waals surface area contributed by atoms with E-state index in [1.165, 1.54) is 0 Å². The Morgan fingerprint density at radius 2 is 2.04 bits per heavy atom. The summed E-state index contributed by atoms with van der Waals surface area (Å²) in [6, 6.07) is 15.4. The van der Waals surface area contributed by atoms with E-state index in [2.05, 4.69) is 15.5 Å². The highest BCUT2D eigenvalue weighted by atomic mass is 35.5. The maximum Gasteiger partial charge on any atom is 0.238 e.